The molecule has 0 saturated heterocycles. The van der Waals surface area contributed by atoms with Crippen molar-refractivity contribution in [2.24, 2.45) is 0 Å². The van der Waals surface area contributed by atoms with Crippen LogP contribution >= 0.6 is 23.1 Å². The molecule has 1 atom stereocenters. The van der Waals surface area contributed by atoms with Gasteiger partial charge in [-0.3, -0.25) is 4.79 Å². The van der Waals surface area contributed by atoms with Crippen molar-refractivity contribution in [1.29, 1.82) is 0 Å². The van der Waals surface area contributed by atoms with Gasteiger partial charge in [-0.2, -0.15) is 11.8 Å². The number of carbonyl (C=O) groups excluding carboxylic acids is 1. The quantitative estimate of drug-likeness (QED) is 0.714. The normalized spacial score (nSPS) is 12.5. The molecule has 96 valence electrons. The molecule has 0 bridgehead atoms. The average Bonchev–Trinajstić information content (AvgIpc) is 2.77. The molecule has 0 aliphatic heterocycles. The lowest BCUT2D eigenvalue weighted by Crippen LogP contribution is -2.29. The summed E-state index contributed by atoms with van der Waals surface area (Å²) in [5.41, 5.74) is 0.920. The van der Waals surface area contributed by atoms with Crippen molar-refractivity contribution in [2.75, 3.05) is 24.0 Å². The van der Waals surface area contributed by atoms with E-state index in [0.717, 1.165) is 40.6 Å². The van der Waals surface area contributed by atoms with Crippen molar-refractivity contribution in [2.45, 2.75) is 32.7 Å². The van der Waals surface area contributed by atoms with Crippen molar-refractivity contribution in [3.8, 4) is 0 Å². The average molecular weight is 272 g/mol. The molecule has 17 heavy (non-hydrogen) atoms. The smallest absolute Gasteiger partial charge is 0.186 e. The molecule has 0 fully saturated rings. The second-order valence-electron chi connectivity index (χ2n) is 4.02. The fraction of sp³-hybridized carbons (Fsp3) is 0.667. The number of hydrogen-bond acceptors (Lipinski definition) is 5. The van der Waals surface area contributed by atoms with Crippen LogP contribution < -0.4 is 4.90 Å². The topological polar surface area (TPSA) is 33.2 Å². The van der Waals surface area contributed by atoms with E-state index in [1.54, 1.807) is 0 Å². The highest BCUT2D eigenvalue weighted by Gasteiger charge is 2.16. The Morgan fingerprint density at radius 3 is 2.76 bits per heavy atom. The molecule has 0 N–H and O–H groups in total. The third-order valence-electron chi connectivity index (χ3n) is 2.86. The molecule has 3 nitrogen and oxygen atoms in total. The third kappa shape index (κ3) is 3.71. The van der Waals surface area contributed by atoms with E-state index in [2.05, 4.69) is 30.1 Å². The molecule has 1 rings (SSSR count). The second kappa shape index (κ2) is 7.01. The summed E-state index contributed by atoms with van der Waals surface area (Å²) in [7, 11) is 2.05. The maximum absolute atomic E-state index is 10.9. The lowest BCUT2D eigenvalue weighted by molar-refractivity contribution is 0.112. The first-order chi connectivity index (χ1) is 8.13. The van der Waals surface area contributed by atoms with E-state index in [0.29, 0.717) is 6.04 Å². The Kier molecular flexibility index (Phi) is 5.98. The lowest BCUT2D eigenvalue weighted by Gasteiger charge is -2.23. The van der Waals surface area contributed by atoms with Crippen LogP contribution in [0.25, 0.3) is 0 Å². The van der Waals surface area contributed by atoms with E-state index in [1.807, 2.05) is 18.7 Å². The Balaban J connectivity index is 2.77. The first-order valence-electron chi connectivity index (χ1n) is 5.80. The molecule has 0 amide bonds. The van der Waals surface area contributed by atoms with Crippen LogP contribution in [-0.4, -0.2) is 36.4 Å². The van der Waals surface area contributed by atoms with Crippen LogP contribution in [0.5, 0.6) is 0 Å². The summed E-state index contributed by atoms with van der Waals surface area (Å²) in [6.45, 7) is 4.23. The largest absolute Gasteiger partial charge is 0.348 e. The van der Waals surface area contributed by atoms with E-state index in [9.17, 15) is 4.79 Å². The van der Waals surface area contributed by atoms with Gasteiger partial charge in [0.15, 0.2) is 11.4 Å². The zero-order valence-electron chi connectivity index (χ0n) is 10.9. The number of aldehydes is 1. The van der Waals surface area contributed by atoms with E-state index in [4.69, 9.17) is 0 Å². The Hall–Kier alpha value is -0.550. The van der Waals surface area contributed by atoms with E-state index >= 15 is 0 Å². The molecule has 0 spiro atoms. The first kappa shape index (κ1) is 14.5. The predicted molar refractivity (Wildman–Crippen MR) is 77.7 cm³/mol. The van der Waals surface area contributed by atoms with Crippen molar-refractivity contribution in [3.05, 3.63) is 10.6 Å². The van der Waals surface area contributed by atoms with Gasteiger partial charge in [0.2, 0.25) is 0 Å². The van der Waals surface area contributed by atoms with Crippen molar-refractivity contribution in [1.82, 2.24) is 4.98 Å². The molecule has 5 heteroatoms. The number of aromatic nitrogens is 1. The number of carbonyl (C=O) groups is 1. The van der Waals surface area contributed by atoms with Gasteiger partial charge >= 0.3 is 0 Å². The van der Waals surface area contributed by atoms with Gasteiger partial charge in [0.1, 0.15) is 0 Å². The molecule has 0 radical (unpaired) electrons. The van der Waals surface area contributed by atoms with Gasteiger partial charge in [-0.1, -0.05) is 18.3 Å². The van der Waals surface area contributed by atoms with Crippen LogP contribution in [0.15, 0.2) is 0 Å². The van der Waals surface area contributed by atoms with Crippen LogP contribution in [0, 0.1) is 0 Å². The number of nitrogens with zero attached hydrogens (tertiary/aromatic N) is 2. The van der Waals surface area contributed by atoms with Crippen LogP contribution in [0.1, 0.15) is 35.6 Å². The number of aryl methyl sites for hydroxylation is 1. The minimum Gasteiger partial charge on any atom is -0.348 e. The molecule has 1 aromatic heterocycles. The Labute approximate surface area is 112 Å². The van der Waals surface area contributed by atoms with Gasteiger partial charge < -0.3 is 4.90 Å². The number of hydrogen-bond donors (Lipinski definition) is 0. The molecule has 1 unspecified atom stereocenters. The lowest BCUT2D eigenvalue weighted by atomic mass is 10.2. The van der Waals surface area contributed by atoms with Crippen molar-refractivity contribution < 1.29 is 4.79 Å². The molecule has 0 aromatic carbocycles. The van der Waals surface area contributed by atoms with Crippen molar-refractivity contribution in [3.63, 3.8) is 0 Å². The summed E-state index contributed by atoms with van der Waals surface area (Å²) in [5, 5.41) is 0.956. The fourth-order valence-electron chi connectivity index (χ4n) is 1.52. The Bertz CT molecular complexity index is 365. The zero-order valence-corrected chi connectivity index (χ0v) is 12.5. The van der Waals surface area contributed by atoms with E-state index in [1.165, 1.54) is 11.3 Å². The summed E-state index contributed by atoms with van der Waals surface area (Å²) in [6.07, 6.45) is 4.99. The van der Waals surface area contributed by atoms with E-state index < -0.39 is 0 Å². The molecular formula is C12H20N2OS2. The van der Waals surface area contributed by atoms with Crippen LogP contribution in [0.2, 0.25) is 0 Å². The molecule has 0 aliphatic rings. The summed E-state index contributed by atoms with van der Waals surface area (Å²) in [5.74, 6) is 1.15. The maximum Gasteiger partial charge on any atom is 0.186 e. The molecule has 0 aliphatic carbocycles. The number of rotatable bonds is 7. The summed E-state index contributed by atoms with van der Waals surface area (Å²) in [4.78, 5) is 18.4. The third-order valence-corrected chi connectivity index (χ3v) is 4.62. The first-order valence-corrected chi connectivity index (χ1v) is 8.01. The second-order valence-corrected chi connectivity index (χ2v) is 6.01. The van der Waals surface area contributed by atoms with Gasteiger partial charge in [-0.05, 0) is 31.8 Å². The van der Waals surface area contributed by atoms with Gasteiger partial charge in [0, 0.05) is 13.1 Å². The number of thioether (sulfide) groups is 1. The van der Waals surface area contributed by atoms with Crippen LogP contribution in [0.4, 0.5) is 5.13 Å². The van der Waals surface area contributed by atoms with Gasteiger partial charge in [0.25, 0.3) is 0 Å². The number of anilines is 1. The van der Waals surface area contributed by atoms with E-state index in [-0.39, 0.29) is 0 Å². The minimum absolute atomic E-state index is 0.456. The maximum atomic E-state index is 10.9. The summed E-state index contributed by atoms with van der Waals surface area (Å²) in [6, 6.07) is 0.456. The highest BCUT2D eigenvalue weighted by Crippen LogP contribution is 2.26. The van der Waals surface area contributed by atoms with Gasteiger partial charge in [-0.25, -0.2) is 4.98 Å². The molecule has 1 aromatic rings. The fourth-order valence-corrected chi connectivity index (χ4v) is 3.13. The minimum atomic E-state index is 0.456. The Morgan fingerprint density at radius 2 is 2.29 bits per heavy atom. The van der Waals surface area contributed by atoms with Crippen molar-refractivity contribution >= 4 is 34.5 Å². The predicted octanol–water partition coefficient (Wildman–Crippen LogP) is 3.10. The monoisotopic (exact) mass is 272 g/mol. The highest BCUT2D eigenvalue weighted by molar-refractivity contribution is 7.98. The van der Waals surface area contributed by atoms with Crippen LogP contribution in [0.3, 0.4) is 0 Å². The van der Waals surface area contributed by atoms with Gasteiger partial charge in [0.05, 0.1) is 10.6 Å². The molecular weight excluding hydrogens is 252 g/mol. The summed E-state index contributed by atoms with van der Waals surface area (Å²) >= 11 is 3.35. The zero-order chi connectivity index (χ0) is 12.8. The van der Waals surface area contributed by atoms with Crippen LogP contribution in [-0.2, 0) is 6.42 Å². The highest BCUT2D eigenvalue weighted by atomic mass is 32.2. The standard InChI is InChI=1S/C12H20N2OS2/c1-5-10-11(8-15)17-12(13-10)14(3)9(2)6-7-16-4/h8-9H,5-7H2,1-4H3. The van der Waals surface area contributed by atoms with Gasteiger partial charge in [-0.15, -0.1) is 0 Å². The SMILES string of the molecule is CCc1nc(N(C)C(C)CCSC)sc1C=O. The summed E-state index contributed by atoms with van der Waals surface area (Å²) < 4.78 is 0. The Morgan fingerprint density at radius 1 is 1.59 bits per heavy atom. The number of thiazole rings is 1. The molecule has 1 heterocycles. The molecule has 0 saturated carbocycles.